The number of carbonyl (C=O) groups excluding carboxylic acids is 1. The fraction of sp³-hybridized carbons (Fsp3) is 0.778. The lowest BCUT2D eigenvalue weighted by molar-refractivity contribution is -0.00899. The first-order valence-corrected chi connectivity index (χ1v) is 4.95. The van der Waals surface area contributed by atoms with Crippen molar-refractivity contribution >= 4 is 11.9 Å². The van der Waals surface area contributed by atoms with Crippen molar-refractivity contribution in [2.45, 2.75) is 37.8 Å². The van der Waals surface area contributed by atoms with Gasteiger partial charge in [-0.1, -0.05) is 6.92 Å². The first-order chi connectivity index (χ1) is 6.66. The van der Waals surface area contributed by atoms with Gasteiger partial charge in [0.1, 0.15) is 11.4 Å². The molecule has 2 amide bonds. The van der Waals surface area contributed by atoms with Crippen LogP contribution in [0.4, 0.5) is 4.79 Å². The van der Waals surface area contributed by atoms with Crippen LogP contribution in [0.15, 0.2) is 4.99 Å². The zero-order chi connectivity index (χ0) is 10.2. The van der Waals surface area contributed by atoms with E-state index in [2.05, 4.69) is 17.2 Å². The lowest BCUT2D eigenvalue weighted by Gasteiger charge is -2.37. The number of urea groups is 1. The van der Waals surface area contributed by atoms with Gasteiger partial charge in [-0.15, -0.1) is 0 Å². The molecule has 1 spiro atoms. The highest BCUT2D eigenvalue weighted by Gasteiger charge is 2.44. The van der Waals surface area contributed by atoms with Crippen molar-refractivity contribution in [2.75, 3.05) is 6.61 Å². The topological polar surface area (TPSA) is 76.7 Å². The third-order valence-corrected chi connectivity index (χ3v) is 2.97. The van der Waals surface area contributed by atoms with Crippen LogP contribution in [-0.2, 0) is 4.74 Å². The lowest BCUT2D eigenvalue weighted by atomic mass is 9.85. The number of nitrogens with zero attached hydrogens (tertiary/aromatic N) is 1. The molecular weight excluding hydrogens is 182 g/mol. The number of hydrogen-bond donors (Lipinski definition) is 2. The molecule has 0 radical (unpaired) electrons. The molecule has 2 aliphatic rings. The van der Waals surface area contributed by atoms with Crippen LogP contribution in [0.25, 0.3) is 0 Å². The van der Waals surface area contributed by atoms with Crippen LogP contribution in [0.1, 0.15) is 26.2 Å². The van der Waals surface area contributed by atoms with E-state index in [-0.39, 0.29) is 12.1 Å². The third-order valence-electron chi connectivity index (χ3n) is 2.97. The van der Waals surface area contributed by atoms with E-state index in [1.165, 1.54) is 0 Å². The summed E-state index contributed by atoms with van der Waals surface area (Å²) in [6, 6.07) is -0.320. The number of carbonyl (C=O) groups is 1. The van der Waals surface area contributed by atoms with E-state index in [0.29, 0.717) is 12.4 Å². The highest BCUT2D eigenvalue weighted by molar-refractivity contribution is 6.05. The smallest absolute Gasteiger partial charge is 0.343 e. The Morgan fingerprint density at radius 3 is 3.14 bits per heavy atom. The standard InChI is InChI=1S/C9H15N3O2/c1-2-6-5-9(3-4-14-6)7(10)11-8(13)12-9/h6H,2-5H2,1H3,(H3,10,11,12,13). The fourth-order valence-electron chi connectivity index (χ4n) is 2.07. The molecule has 2 rings (SSSR count). The number of amidine groups is 1. The second-order valence-electron chi connectivity index (χ2n) is 3.86. The molecule has 0 aromatic rings. The van der Waals surface area contributed by atoms with Gasteiger partial charge in [-0.2, -0.15) is 4.99 Å². The number of aliphatic imine (C=N–C) groups is 1. The summed E-state index contributed by atoms with van der Waals surface area (Å²) in [4.78, 5) is 14.8. The van der Waals surface area contributed by atoms with Crippen LogP contribution < -0.4 is 11.1 Å². The Morgan fingerprint density at radius 1 is 1.79 bits per heavy atom. The van der Waals surface area contributed by atoms with Crippen LogP contribution in [0.2, 0.25) is 0 Å². The van der Waals surface area contributed by atoms with E-state index in [1.54, 1.807) is 0 Å². The van der Waals surface area contributed by atoms with E-state index in [4.69, 9.17) is 10.5 Å². The molecule has 1 saturated heterocycles. The van der Waals surface area contributed by atoms with Gasteiger partial charge in [-0.25, -0.2) is 4.79 Å². The van der Waals surface area contributed by atoms with Gasteiger partial charge < -0.3 is 15.8 Å². The zero-order valence-corrected chi connectivity index (χ0v) is 8.25. The number of hydrogen-bond acceptors (Lipinski definition) is 3. The molecular formula is C9H15N3O2. The number of rotatable bonds is 1. The minimum Gasteiger partial charge on any atom is -0.385 e. The molecule has 2 aliphatic heterocycles. The van der Waals surface area contributed by atoms with Crippen LogP contribution in [0, 0.1) is 0 Å². The normalized spacial score (nSPS) is 37.1. The molecule has 2 heterocycles. The molecule has 0 aromatic carbocycles. The van der Waals surface area contributed by atoms with Gasteiger partial charge in [-0.05, 0) is 6.42 Å². The summed E-state index contributed by atoms with van der Waals surface area (Å²) in [7, 11) is 0. The highest BCUT2D eigenvalue weighted by atomic mass is 16.5. The molecule has 14 heavy (non-hydrogen) atoms. The molecule has 0 saturated carbocycles. The van der Waals surface area contributed by atoms with E-state index in [1.807, 2.05) is 0 Å². The van der Waals surface area contributed by atoms with Crippen LogP contribution in [0.3, 0.4) is 0 Å². The second kappa shape index (κ2) is 3.24. The number of ether oxygens (including phenoxy) is 1. The third kappa shape index (κ3) is 1.37. The molecule has 0 aliphatic carbocycles. The molecule has 3 N–H and O–H groups in total. The molecule has 2 atom stereocenters. The van der Waals surface area contributed by atoms with Gasteiger partial charge in [0.15, 0.2) is 0 Å². The second-order valence-corrected chi connectivity index (χ2v) is 3.86. The van der Waals surface area contributed by atoms with Crippen molar-refractivity contribution in [3.05, 3.63) is 0 Å². The Morgan fingerprint density at radius 2 is 2.57 bits per heavy atom. The first-order valence-electron chi connectivity index (χ1n) is 4.95. The zero-order valence-electron chi connectivity index (χ0n) is 8.25. The summed E-state index contributed by atoms with van der Waals surface area (Å²) in [5, 5.41) is 2.84. The number of nitrogens with one attached hydrogen (secondary N) is 1. The monoisotopic (exact) mass is 197 g/mol. The van der Waals surface area contributed by atoms with Crippen LogP contribution in [-0.4, -0.2) is 30.1 Å². The average molecular weight is 197 g/mol. The number of amides is 2. The molecule has 2 unspecified atom stereocenters. The quantitative estimate of drug-likeness (QED) is 0.638. The van der Waals surface area contributed by atoms with Crippen molar-refractivity contribution in [2.24, 2.45) is 10.7 Å². The molecule has 1 fully saturated rings. The van der Waals surface area contributed by atoms with Gasteiger partial charge >= 0.3 is 6.03 Å². The Balaban J connectivity index is 2.16. The Bertz CT molecular complexity index is 290. The molecule has 0 aromatic heterocycles. The van der Waals surface area contributed by atoms with Gasteiger partial charge in [0.05, 0.1) is 6.10 Å². The maximum absolute atomic E-state index is 11.1. The predicted molar refractivity (Wildman–Crippen MR) is 52.2 cm³/mol. The average Bonchev–Trinajstić information content (AvgIpc) is 2.42. The summed E-state index contributed by atoms with van der Waals surface area (Å²) >= 11 is 0. The van der Waals surface area contributed by atoms with E-state index in [0.717, 1.165) is 19.3 Å². The van der Waals surface area contributed by atoms with E-state index in [9.17, 15) is 4.79 Å². The summed E-state index contributed by atoms with van der Waals surface area (Å²) in [6.45, 7) is 2.70. The Hall–Kier alpha value is -1.10. The van der Waals surface area contributed by atoms with Crippen molar-refractivity contribution in [1.29, 1.82) is 0 Å². The number of nitrogens with two attached hydrogens (primary N) is 1. The molecule has 5 heteroatoms. The van der Waals surface area contributed by atoms with Crippen LogP contribution >= 0.6 is 0 Å². The minimum atomic E-state index is -0.421. The van der Waals surface area contributed by atoms with Gasteiger partial charge in [-0.3, -0.25) is 0 Å². The van der Waals surface area contributed by atoms with Crippen LogP contribution in [0.5, 0.6) is 0 Å². The molecule has 0 bridgehead atoms. The summed E-state index contributed by atoms with van der Waals surface area (Å²) in [5.74, 6) is 0.421. The minimum absolute atomic E-state index is 0.177. The maximum atomic E-state index is 11.1. The highest BCUT2D eigenvalue weighted by Crippen LogP contribution is 2.29. The summed E-state index contributed by atoms with van der Waals surface area (Å²) in [6.07, 6.45) is 2.58. The summed E-state index contributed by atoms with van der Waals surface area (Å²) < 4.78 is 5.54. The lowest BCUT2D eigenvalue weighted by Crippen LogP contribution is -2.56. The predicted octanol–water partition coefficient (Wildman–Crippen LogP) is 0.395. The molecule has 78 valence electrons. The van der Waals surface area contributed by atoms with Crippen molar-refractivity contribution < 1.29 is 9.53 Å². The fourth-order valence-corrected chi connectivity index (χ4v) is 2.07. The summed E-state index contributed by atoms with van der Waals surface area (Å²) in [5.41, 5.74) is 5.34. The Kier molecular flexibility index (Phi) is 2.19. The van der Waals surface area contributed by atoms with Gasteiger partial charge in [0, 0.05) is 19.4 Å². The van der Waals surface area contributed by atoms with Crippen molar-refractivity contribution in [1.82, 2.24) is 5.32 Å². The van der Waals surface area contributed by atoms with E-state index < -0.39 is 5.54 Å². The van der Waals surface area contributed by atoms with Gasteiger partial charge in [0.25, 0.3) is 0 Å². The van der Waals surface area contributed by atoms with Gasteiger partial charge in [0.2, 0.25) is 0 Å². The van der Waals surface area contributed by atoms with Crippen molar-refractivity contribution in [3.8, 4) is 0 Å². The Labute approximate surface area is 82.7 Å². The SMILES string of the molecule is CCC1CC2(CCO1)NC(=O)N=C2N. The van der Waals surface area contributed by atoms with Crippen molar-refractivity contribution in [3.63, 3.8) is 0 Å². The molecule has 5 nitrogen and oxygen atoms in total. The first kappa shape index (κ1) is 9.45. The van der Waals surface area contributed by atoms with E-state index >= 15 is 0 Å². The maximum Gasteiger partial charge on any atom is 0.343 e. The largest absolute Gasteiger partial charge is 0.385 e.